The number of amides is 3. The van der Waals surface area contributed by atoms with Gasteiger partial charge in [0.1, 0.15) is 18.1 Å². The lowest BCUT2D eigenvalue weighted by molar-refractivity contribution is -0.143. The molecule has 0 bridgehead atoms. The summed E-state index contributed by atoms with van der Waals surface area (Å²) in [6, 6.07) is -3.80. The molecule has 0 aromatic rings. The van der Waals surface area contributed by atoms with Gasteiger partial charge in [0, 0.05) is 0 Å². The number of aliphatic hydroxyl groups is 2. The lowest BCUT2D eigenvalue weighted by atomic mass is 9.99. The lowest BCUT2D eigenvalue weighted by Gasteiger charge is -2.24. The highest BCUT2D eigenvalue weighted by Gasteiger charge is 2.30. The van der Waals surface area contributed by atoms with Gasteiger partial charge in [-0.25, -0.2) is 4.79 Å². The van der Waals surface area contributed by atoms with E-state index < -0.39 is 60.6 Å². The predicted molar refractivity (Wildman–Crippen MR) is 95.3 cm³/mol. The topological polar surface area (TPSA) is 191 Å². The van der Waals surface area contributed by atoms with E-state index in [0.717, 1.165) is 0 Å². The van der Waals surface area contributed by atoms with Gasteiger partial charge in [-0.3, -0.25) is 14.4 Å². The fourth-order valence-electron chi connectivity index (χ4n) is 2.06. The Kier molecular flexibility index (Phi) is 10.5. The van der Waals surface area contributed by atoms with E-state index in [-0.39, 0.29) is 5.92 Å². The van der Waals surface area contributed by atoms with Crippen LogP contribution in [0.3, 0.4) is 0 Å². The number of carboxylic acids is 1. The molecule has 0 aliphatic heterocycles. The summed E-state index contributed by atoms with van der Waals surface area (Å²) in [4.78, 5) is 47.1. The van der Waals surface area contributed by atoms with Gasteiger partial charge >= 0.3 is 5.97 Å². The molecule has 0 radical (unpaired) electrons. The first-order chi connectivity index (χ1) is 12.4. The number of hydrogen-bond donors (Lipinski definition) is 7. The van der Waals surface area contributed by atoms with Gasteiger partial charge < -0.3 is 37.0 Å². The van der Waals surface area contributed by atoms with Crippen molar-refractivity contribution in [3.63, 3.8) is 0 Å². The Morgan fingerprint density at radius 2 is 1.48 bits per heavy atom. The molecule has 0 aromatic carbocycles. The van der Waals surface area contributed by atoms with Crippen LogP contribution in [0.25, 0.3) is 0 Å². The number of carbonyl (C=O) groups excluding carboxylic acids is 3. The number of rotatable bonds is 11. The van der Waals surface area contributed by atoms with Crippen molar-refractivity contribution < 1.29 is 34.5 Å². The Bertz CT molecular complexity index is 539. The summed E-state index contributed by atoms with van der Waals surface area (Å²) in [6.45, 7) is 5.45. The molecule has 0 saturated heterocycles. The molecule has 6 atom stereocenters. The number of carbonyl (C=O) groups is 4. The number of nitrogens with two attached hydrogens (primary N) is 1. The first-order valence-electron chi connectivity index (χ1n) is 8.64. The summed E-state index contributed by atoms with van der Waals surface area (Å²) in [5.41, 5.74) is 5.46. The monoisotopic (exact) mass is 390 g/mol. The maximum Gasteiger partial charge on any atom is 0.326 e. The van der Waals surface area contributed by atoms with E-state index in [4.69, 9.17) is 10.8 Å². The minimum atomic E-state index is -1.40. The lowest BCUT2D eigenvalue weighted by Crippen LogP contribution is -2.58. The molecule has 27 heavy (non-hydrogen) atoms. The maximum absolute atomic E-state index is 12.1. The van der Waals surface area contributed by atoms with Crippen LogP contribution in [0.5, 0.6) is 0 Å². The largest absolute Gasteiger partial charge is 0.480 e. The zero-order valence-electron chi connectivity index (χ0n) is 15.9. The average molecular weight is 390 g/mol. The zero-order valence-corrected chi connectivity index (χ0v) is 15.9. The molecule has 11 nitrogen and oxygen atoms in total. The van der Waals surface area contributed by atoms with Gasteiger partial charge in [0.25, 0.3) is 0 Å². The number of aliphatic hydroxyl groups excluding tert-OH is 2. The van der Waals surface area contributed by atoms with Gasteiger partial charge in [-0.2, -0.15) is 0 Å². The average Bonchev–Trinajstić information content (AvgIpc) is 2.59. The van der Waals surface area contributed by atoms with Crippen molar-refractivity contribution in [2.75, 3.05) is 6.54 Å². The molecule has 0 spiro atoms. The van der Waals surface area contributed by atoms with Crippen molar-refractivity contribution in [3.05, 3.63) is 0 Å². The number of hydrogen-bond acceptors (Lipinski definition) is 7. The molecular formula is C16H30N4O7. The van der Waals surface area contributed by atoms with Gasteiger partial charge in [-0.15, -0.1) is 0 Å². The Labute approximate surface area is 157 Å². The van der Waals surface area contributed by atoms with Crippen molar-refractivity contribution in [1.29, 1.82) is 0 Å². The van der Waals surface area contributed by atoms with E-state index in [1.54, 1.807) is 13.8 Å². The molecule has 0 rings (SSSR count). The van der Waals surface area contributed by atoms with E-state index in [1.165, 1.54) is 13.8 Å². The second kappa shape index (κ2) is 11.5. The van der Waals surface area contributed by atoms with Crippen LogP contribution in [0.1, 0.15) is 34.1 Å². The Morgan fingerprint density at radius 1 is 0.926 bits per heavy atom. The predicted octanol–water partition coefficient (Wildman–Crippen LogP) is -2.71. The minimum absolute atomic E-state index is 0.311. The van der Waals surface area contributed by atoms with Gasteiger partial charge in [0.05, 0.1) is 18.8 Å². The quantitative estimate of drug-likeness (QED) is 0.198. The van der Waals surface area contributed by atoms with E-state index >= 15 is 0 Å². The van der Waals surface area contributed by atoms with Crippen LogP contribution >= 0.6 is 0 Å². The van der Waals surface area contributed by atoms with Crippen LogP contribution in [0, 0.1) is 5.92 Å². The number of nitrogens with one attached hydrogen (secondary N) is 3. The maximum atomic E-state index is 12.1. The number of aliphatic carboxylic acids is 1. The minimum Gasteiger partial charge on any atom is -0.480 e. The first kappa shape index (κ1) is 24.8. The summed E-state index contributed by atoms with van der Waals surface area (Å²) in [5.74, 6) is -3.94. The van der Waals surface area contributed by atoms with Crippen LogP contribution in [0.4, 0.5) is 0 Å². The third-order valence-electron chi connectivity index (χ3n) is 4.10. The molecule has 6 unspecified atom stereocenters. The molecule has 3 amide bonds. The molecule has 0 aliphatic rings. The summed E-state index contributed by atoms with van der Waals surface area (Å²) in [6.07, 6.45) is -1.93. The Morgan fingerprint density at radius 3 is 1.89 bits per heavy atom. The SMILES string of the molecule is CCC(C)C(NC(=O)CNC(=O)C(NC(=O)C(N)C(C)O)C(C)O)C(=O)O. The highest BCUT2D eigenvalue weighted by Crippen LogP contribution is 2.07. The molecule has 0 heterocycles. The van der Waals surface area contributed by atoms with E-state index in [9.17, 15) is 29.4 Å². The smallest absolute Gasteiger partial charge is 0.326 e. The third kappa shape index (κ3) is 8.33. The van der Waals surface area contributed by atoms with Crippen molar-refractivity contribution in [1.82, 2.24) is 16.0 Å². The summed E-state index contributed by atoms with van der Waals surface area (Å²) in [5, 5.41) is 34.8. The molecule has 0 aromatic heterocycles. The first-order valence-corrected chi connectivity index (χ1v) is 8.64. The van der Waals surface area contributed by atoms with E-state index in [2.05, 4.69) is 16.0 Å². The summed E-state index contributed by atoms with van der Waals surface area (Å²) >= 11 is 0. The molecule has 0 aliphatic carbocycles. The van der Waals surface area contributed by atoms with Crippen molar-refractivity contribution in [3.8, 4) is 0 Å². The fraction of sp³-hybridized carbons (Fsp3) is 0.750. The zero-order chi connectivity index (χ0) is 21.3. The van der Waals surface area contributed by atoms with Gasteiger partial charge in [0.15, 0.2) is 0 Å². The van der Waals surface area contributed by atoms with E-state index in [0.29, 0.717) is 6.42 Å². The van der Waals surface area contributed by atoms with Crippen LogP contribution in [0.2, 0.25) is 0 Å². The van der Waals surface area contributed by atoms with Crippen LogP contribution < -0.4 is 21.7 Å². The molecule has 11 heteroatoms. The van der Waals surface area contributed by atoms with Crippen molar-refractivity contribution >= 4 is 23.7 Å². The van der Waals surface area contributed by atoms with Crippen molar-refractivity contribution in [2.24, 2.45) is 11.7 Å². The van der Waals surface area contributed by atoms with Crippen molar-refractivity contribution in [2.45, 2.75) is 64.4 Å². The molecular weight excluding hydrogens is 360 g/mol. The Balaban J connectivity index is 4.80. The van der Waals surface area contributed by atoms with Gasteiger partial charge in [-0.05, 0) is 19.8 Å². The molecule has 0 saturated carbocycles. The molecule has 8 N–H and O–H groups in total. The van der Waals surface area contributed by atoms with Crippen LogP contribution in [-0.4, -0.2) is 75.9 Å². The second-order valence-electron chi connectivity index (χ2n) is 6.48. The van der Waals surface area contributed by atoms with Gasteiger partial charge in [0.2, 0.25) is 17.7 Å². The number of carboxylic acid groups (broad SMARTS) is 1. The van der Waals surface area contributed by atoms with Crippen LogP contribution in [-0.2, 0) is 19.2 Å². The standard InChI is InChI=1S/C16H30N4O7/c1-5-7(2)12(16(26)27)19-10(23)6-18-15(25)13(9(4)22)20-14(24)11(17)8(3)21/h7-9,11-13,21-22H,5-6,17H2,1-4H3,(H,18,25)(H,19,23)(H,20,24)(H,26,27). The molecule has 0 fully saturated rings. The normalized spacial score (nSPS) is 17.6. The highest BCUT2D eigenvalue weighted by atomic mass is 16.4. The Hall–Kier alpha value is -2.24. The summed E-state index contributed by atoms with van der Waals surface area (Å²) < 4.78 is 0. The van der Waals surface area contributed by atoms with Gasteiger partial charge in [-0.1, -0.05) is 20.3 Å². The van der Waals surface area contributed by atoms with E-state index in [1.807, 2.05) is 0 Å². The third-order valence-corrected chi connectivity index (χ3v) is 4.10. The van der Waals surface area contributed by atoms with Crippen LogP contribution in [0.15, 0.2) is 0 Å². The highest BCUT2D eigenvalue weighted by molar-refractivity contribution is 5.93. The molecule has 156 valence electrons. The summed E-state index contributed by atoms with van der Waals surface area (Å²) in [7, 11) is 0. The second-order valence-corrected chi connectivity index (χ2v) is 6.48. The fourth-order valence-corrected chi connectivity index (χ4v) is 2.06.